The lowest BCUT2D eigenvalue weighted by atomic mass is 10.1. The zero-order valence-corrected chi connectivity index (χ0v) is 32.9. The second-order valence-electron chi connectivity index (χ2n) is 12.4. The van der Waals surface area contributed by atoms with Gasteiger partial charge in [0.15, 0.2) is 0 Å². The van der Waals surface area contributed by atoms with Crippen molar-refractivity contribution in [2.45, 2.75) is 50.2 Å². The average Bonchev–Trinajstić information content (AvgIpc) is 3.78. The molecule has 2 aromatic rings. The van der Waals surface area contributed by atoms with Crippen LogP contribution in [-0.4, -0.2) is 146 Å². The van der Waals surface area contributed by atoms with Crippen molar-refractivity contribution in [1.82, 2.24) is 19.1 Å². The van der Waals surface area contributed by atoms with Crippen molar-refractivity contribution in [1.29, 1.82) is 0 Å². The summed E-state index contributed by atoms with van der Waals surface area (Å²) in [5.74, 6) is 0.00277. The van der Waals surface area contributed by atoms with Gasteiger partial charge in [0.2, 0.25) is 0 Å². The van der Waals surface area contributed by atoms with Crippen molar-refractivity contribution in [3.8, 4) is 0 Å². The maximum atomic E-state index is 13.2. The lowest BCUT2D eigenvalue weighted by molar-refractivity contribution is -0.0178. The van der Waals surface area contributed by atoms with Crippen LogP contribution in [0.15, 0.2) is 34.1 Å². The Morgan fingerprint density at radius 2 is 1.23 bits per heavy atom. The van der Waals surface area contributed by atoms with E-state index in [1.807, 2.05) is 6.92 Å². The van der Waals surface area contributed by atoms with E-state index in [0.29, 0.717) is 46.2 Å². The Labute approximate surface area is 322 Å². The van der Waals surface area contributed by atoms with Crippen LogP contribution >= 0.6 is 15.6 Å². The van der Waals surface area contributed by atoms with E-state index < -0.39 is 70.6 Å². The van der Waals surface area contributed by atoms with Crippen LogP contribution in [0, 0.1) is 0 Å². The van der Waals surface area contributed by atoms with Gasteiger partial charge in [-0.2, -0.15) is 9.97 Å². The molecule has 7 atom stereocenters. The molecule has 318 valence electrons. The van der Waals surface area contributed by atoms with E-state index in [-0.39, 0.29) is 57.7 Å². The first-order valence-electron chi connectivity index (χ1n) is 18.0. The van der Waals surface area contributed by atoms with Gasteiger partial charge in [0.25, 0.3) is 0 Å². The topological polar surface area (TPSA) is 298 Å². The van der Waals surface area contributed by atoms with Gasteiger partial charge in [-0.3, -0.25) is 27.2 Å². The molecular formula is C31H52N6O17P2. The van der Waals surface area contributed by atoms with Crippen LogP contribution in [0.1, 0.15) is 31.8 Å². The van der Waals surface area contributed by atoms with Crippen LogP contribution in [-0.2, 0) is 60.4 Å². The fraction of sp³-hybridized carbons (Fsp3) is 0.742. The molecule has 56 heavy (non-hydrogen) atoms. The summed E-state index contributed by atoms with van der Waals surface area (Å²) in [7, 11) is -9.59. The maximum Gasteiger partial charge on any atom is 0.472 e. The lowest BCUT2D eigenvalue weighted by Gasteiger charge is -2.26. The molecule has 0 bridgehead atoms. The summed E-state index contributed by atoms with van der Waals surface area (Å²) < 4.78 is 87.3. The smallest absolute Gasteiger partial charge is 0.383 e. The van der Waals surface area contributed by atoms with Gasteiger partial charge in [-0.1, -0.05) is 6.92 Å². The fourth-order valence-electron chi connectivity index (χ4n) is 5.46. The average molecular weight is 843 g/mol. The molecule has 0 amide bonds. The van der Waals surface area contributed by atoms with E-state index >= 15 is 0 Å². The second-order valence-corrected chi connectivity index (χ2v) is 15.2. The summed E-state index contributed by atoms with van der Waals surface area (Å²) in [6.07, 6.45) is 0.602. The number of aromatic nitrogens is 4. The molecule has 3 unspecified atom stereocenters. The number of anilines is 2. The van der Waals surface area contributed by atoms with Crippen molar-refractivity contribution in [2.24, 2.45) is 0 Å². The molecule has 0 spiro atoms. The molecule has 4 rings (SSSR count). The fourth-order valence-corrected chi connectivity index (χ4v) is 7.18. The molecule has 2 aliphatic rings. The summed E-state index contributed by atoms with van der Waals surface area (Å²) in [5.41, 5.74) is 9.79. The molecule has 0 saturated carbocycles. The summed E-state index contributed by atoms with van der Waals surface area (Å²) in [5, 5.41) is 0. The van der Waals surface area contributed by atoms with Gasteiger partial charge in [-0.15, -0.1) is 0 Å². The van der Waals surface area contributed by atoms with Crippen LogP contribution in [0.2, 0.25) is 0 Å². The van der Waals surface area contributed by atoms with Crippen molar-refractivity contribution < 1.29 is 70.2 Å². The first-order chi connectivity index (χ1) is 26.9. The van der Waals surface area contributed by atoms with Crippen LogP contribution < -0.4 is 22.8 Å². The molecule has 2 saturated heterocycles. The number of nitrogens with two attached hydrogens (primary N) is 2. The van der Waals surface area contributed by atoms with E-state index in [0.717, 1.165) is 11.0 Å². The van der Waals surface area contributed by atoms with Crippen molar-refractivity contribution in [2.75, 3.05) is 111 Å². The molecule has 0 aromatic carbocycles. The predicted octanol–water partition coefficient (Wildman–Crippen LogP) is 0.0633. The maximum absolute atomic E-state index is 13.2. The van der Waals surface area contributed by atoms with Crippen LogP contribution in [0.25, 0.3) is 0 Å². The largest absolute Gasteiger partial charge is 0.472 e. The first-order valence-corrected chi connectivity index (χ1v) is 21.0. The number of hydrogen-bond acceptors (Lipinski definition) is 19. The number of rotatable bonds is 28. The molecule has 0 radical (unpaired) electrons. The molecule has 25 heteroatoms. The zero-order chi connectivity index (χ0) is 40.4. The summed E-state index contributed by atoms with van der Waals surface area (Å²) in [6, 6.07) is 1.31. The van der Waals surface area contributed by atoms with E-state index in [1.54, 1.807) is 0 Å². The van der Waals surface area contributed by atoms with Crippen molar-refractivity contribution >= 4 is 27.3 Å². The normalized spacial score (nSPS) is 23.3. The SMILES string of the molecule is CCCOCCOCCOCCOCCOCCOP(=O)(O)OC[C@H]1OCC(n2ccc(N)nc2=O)[C@@H]1OP(=O)(O)OC[C@@H]1C[C@H](n2ccc(N)nc2=O)CO1. The van der Waals surface area contributed by atoms with Gasteiger partial charge >= 0.3 is 27.0 Å². The van der Waals surface area contributed by atoms with Crippen LogP contribution in [0.4, 0.5) is 11.6 Å². The van der Waals surface area contributed by atoms with E-state index in [2.05, 4.69) is 9.97 Å². The number of phosphoric acid groups is 2. The Hall–Kier alpha value is -2.70. The number of hydrogen-bond donors (Lipinski definition) is 4. The van der Waals surface area contributed by atoms with Crippen molar-refractivity contribution in [3.63, 3.8) is 0 Å². The highest BCUT2D eigenvalue weighted by molar-refractivity contribution is 7.47. The van der Waals surface area contributed by atoms with Gasteiger partial charge < -0.3 is 54.4 Å². The number of phosphoric ester groups is 2. The number of nitrogens with zero attached hydrogens (tertiary/aromatic N) is 4. The minimum absolute atomic E-state index is 0.0576. The molecular weight excluding hydrogens is 790 g/mol. The summed E-state index contributed by atoms with van der Waals surface area (Å²) >= 11 is 0. The minimum atomic E-state index is -4.91. The highest BCUT2D eigenvalue weighted by Crippen LogP contribution is 2.50. The Bertz CT molecular complexity index is 1690. The highest BCUT2D eigenvalue weighted by atomic mass is 31.2. The quantitative estimate of drug-likeness (QED) is 0.0650. The van der Waals surface area contributed by atoms with Gasteiger partial charge in [0.05, 0.1) is 111 Å². The van der Waals surface area contributed by atoms with E-state index in [9.17, 15) is 28.5 Å². The summed E-state index contributed by atoms with van der Waals surface area (Å²) in [6.45, 7) is 4.30. The molecule has 2 aliphatic heterocycles. The van der Waals surface area contributed by atoms with Crippen molar-refractivity contribution in [3.05, 3.63) is 45.5 Å². The van der Waals surface area contributed by atoms with Gasteiger partial charge in [0, 0.05) is 19.0 Å². The second kappa shape index (κ2) is 23.6. The van der Waals surface area contributed by atoms with E-state index in [1.165, 1.54) is 29.1 Å². The molecule has 4 heterocycles. The monoisotopic (exact) mass is 842 g/mol. The highest BCUT2D eigenvalue weighted by Gasteiger charge is 2.46. The molecule has 23 nitrogen and oxygen atoms in total. The van der Waals surface area contributed by atoms with Crippen LogP contribution in [0.5, 0.6) is 0 Å². The Morgan fingerprint density at radius 1 is 0.714 bits per heavy atom. The van der Waals surface area contributed by atoms with E-state index in [4.69, 9.17) is 62.7 Å². The number of nitrogen functional groups attached to an aromatic ring is 2. The Morgan fingerprint density at radius 3 is 1.79 bits per heavy atom. The standard InChI is InChI=1S/C31H52N6O17P2/c1-2-7-44-8-9-45-10-11-46-12-13-47-14-15-48-16-17-51-55(40,41)53-22-26-29(25(21-50-26)37-6-4-28(33)35-31(37)39)54-56(42,43)52-20-24-18-23(19-49-24)36-5-3-27(32)34-30(36)38/h3-6,23-26,29H,2,7-22H2,1H3,(H,40,41)(H,42,43)(H2,32,34,38)(H2,33,35,39)/t23-,24-,25?,26+,29-/m0/s1. The van der Waals surface area contributed by atoms with Gasteiger partial charge in [0.1, 0.15) is 23.8 Å². The van der Waals surface area contributed by atoms with Gasteiger partial charge in [-0.05, 0) is 25.0 Å². The molecule has 6 N–H and O–H groups in total. The zero-order valence-electron chi connectivity index (χ0n) is 31.1. The molecule has 2 fully saturated rings. The third kappa shape index (κ3) is 15.9. The first kappa shape index (κ1) is 46.0. The third-order valence-electron chi connectivity index (χ3n) is 8.14. The van der Waals surface area contributed by atoms with Crippen LogP contribution in [0.3, 0.4) is 0 Å². The summed E-state index contributed by atoms with van der Waals surface area (Å²) in [4.78, 5) is 53.2. The Kier molecular flexibility index (Phi) is 19.4. The molecule has 2 aromatic heterocycles. The van der Waals surface area contributed by atoms with Gasteiger partial charge in [-0.25, -0.2) is 18.7 Å². The Balaban J connectivity index is 1.18. The molecule has 0 aliphatic carbocycles. The minimum Gasteiger partial charge on any atom is -0.383 e. The predicted molar refractivity (Wildman–Crippen MR) is 195 cm³/mol. The number of ether oxygens (including phenoxy) is 7. The third-order valence-corrected chi connectivity index (χ3v) is 10.1. The lowest BCUT2D eigenvalue weighted by Crippen LogP contribution is -2.38.